The van der Waals surface area contributed by atoms with Gasteiger partial charge in [-0.05, 0) is 41.0 Å². The van der Waals surface area contributed by atoms with Crippen LogP contribution >= 0.6 is 0 Å². The normalized spacial score (nSPS) is 10.4. The Morgan fingerprint density at radius 2 is 1.60 bits per heavy atom. The molecule has 5 heteroatoms. The summed E-state index contributed by atoms with van der Waals surface area (Å²) in [6.45, 7) is 0.334. The van der Waals surface area contributed by atoms with Gasteiger partial charge < -0.3 is 10.5 Å². The lowest BCUT2D eigenvalue weighted by atomic mass is 9.92. The number of pyridine rings is 1. The largest absolute Gasteiger partial charge is 0.489 e. The molecular weight excluding hydrogens is 377 g/mol. The molecule has 0 fully saturated rings. The lowest BCUT2D eigenvalue weighted by Gasteiger charge is -2.14. The first-order chi connectivity index (χ1) is 14.7. The van der Waals surface area contributed by atoms with Crippen LogP contribution in [0.1, 0.15) is 11.1 Å². The molecule has 0 radical (unpaired) electrons. The number of anilines is 1. The van der Waals surface area contributed by atoms with Crippen molar-refractivity contribution in [1.82, 2.24) is 4.98 Å². The number of ether oxygens (including phenoxy) is 1. The number of hydrogen-bond acceptors (Lipinski definition) is 4. The van der Waals surface area contributed by atoms with Crippen molar-refractivity contribution >= 4 is 5.82 Å². The van der Waals surface area contributed by atoms with Gasteiger partial charge in [0, 0.05) is 17.3 Å². The van der Waals surface area contributed by atoms with E-state index in [1.54, 1.807) is 18.3 Å². The van der Waals surface area contributed by atoms with Gasteiger partial charge in [-0.1, -0.05) is 54.6 Å². The van der Waals surface area contributed by atoms with Gasteiger partial charge in [0.15, 0.2) is 0 Å². The SMILES string of the molecule is N#Cc1c(N)ncc(-c2ccccc2)c1-c1ccc(OCc2ccc(F)cc2)cc1. The maximum Gasteiger partial charge on any atom is 0.141 e. The van der Waals surface area contributed by atoms with Gasteiger partial charge in [-0.3, -0.25) is 0 Å². The number of aromatic nitrogens is 1. The average Bonchev–Trinajstić information content (AvgIpc) is 2.79. The Morgan fingerprint density at radius 3 is 2.27 bits per heavy atom. The van der Waals surface area contributed by atoms with Crippen molar-refractivity contribution in [2.75, 3.05) is 5.73 Å². The van der Waals surface area contributed by atoms with Gasteiger partial charge in [0.25, 0.3) is 0 Å². The molecule has 0 bridgehead atoms. The van der Waals surface area contributed by atoms with Crippen LogP contribution in [0.25, 0.3) is 22.3 Å². The quantitative estimate of drug-likeness (QED) is 0.478. The molecule has 0 spiro atoms. The molecule has 0 aliphatic heterocycles. The fraction of sp³-hybridized carbons (Fsp3) is 0.0400. The van der Waals surface area contributed by atoms with E-state index < -0.39 is 0 Å². The molecule has 30 heavy (non-hydrogen) atoms. The van der Waals surface area contributed by atoms with Crippen molar-refractivity contribution in [3.8, 4) is 34.1 Å². The molecule has 0 amide bonds. The molecule has 4 rings (SSSR count). The molecule has 4 nitrogen and oxygen atoms in total. The van der Waals surface area contributed by atoms with Crippen molar-refractivity contribution in [2.24, 2.45) is 0 Å². The summed E-state index contributed by atoms with van der Waals surface area (Å²) in [4.78, 5) is 4.20. The summed E-state index contributed by atoms with van der Waals surface area (Å²) >= 11 is 0. The van der Waals surface area contributed by atoms with E-state index in [9.17, 15) is 9.65 Å². The number of rotatable bonds is 5. The number of nitrogens with two attached hydrogens (primary N) is 1. The van der Waals surface area contributed by atoms with Crippen molar-refractivity contribution in [3.05, 3.63) is 102 Å². The monoisotopic (exact) mass is 395 g/mol. The summed E-state index contributed by atoms with van der Waals surface area (Å²) in [5, 5.41) is 9.69. The van der Waals surface area contributed by atoms with E-state index in [0.29, 0.717) is 17.9 Å². The summed E-state index contributed by atoms with van der Waals surface area (Å²) in [5.41, 5.74) is 10.6. The molecule has 0 aliphatic carbocycles. The summed E-state index contributed by atoms with van der Waals surface area (Å²) < 4.78 is 18.8. The van der Waals surface area contributed by atoms with Crippen molar-refractivity contribution in [1.29, 1.82) is 5.26 Å². The van der Waals surface area contributed by atoms with Crippen LogP contribution in [-0.2, 0) is 6.61 Å². The highest BCUT2D eigenvalue weighted by Crippen LogP contribution is 2.36. The van der Waals surface area contributed by atoms with E-state index in [0.717, 1.165) is 27.8 Å². The third-order valence-corrected chi connectivity index (χ3v) is 4.77. The number of halogens is 1. The first-order valence-corrected chi connectivity index (χ1v) is 9.37. The Bertz CT molecular complexity index is 1200. The van der Waals surface area contributed by atoms with E-state index in [1.165, 1.54) is 12.1 Å². The van der Waals surface area contributed by atoms with Crippen molar-refractivity contribution in [2.45, 2.75) is 6.61 Å². The molecule has 3 aromatic carbocycles. The zero-order valence-corrected chi connectivity index (χ0v) is 16.0. The molecule has 2 N–H and O–H groups in total. The standard InChI is InChI=1S/C25H18FN3O/c26-20-10-6-17(7-11-20)16-30-21-12-8-19(9-13-21)24-22(14-27)25(28)29-15-23(24)18-4-2-1-3-5-18/h1-13,15H,16H2,(H2,28,29). The average molecular weight is 395 g/mol. The number of nitriles is 1. The second kappa shape index (κ2) is 8.46. The second-order valence-electron chi connectivity index (χ2n) is 6.72. The minimum absolute atomic E-state index is 0.198. The third-order valence-electron chi connectivity index (χ3n) is 4.77. The minimum atomic E-state index is -0.276. The molecule has 146 valence electrons. The predicted octanol–water partition coefficient (Wildman–Crippen LogP) is 5.59. The van der Waals surface area contributed by atoms with E-state index in [4.69, 9.17) is 10.5 Å². The Balaban J connectivity index is 1.66. The molecule has 0 unspecified atom stereocenters. The van der Waals surface area contributed by atoms with Crippen LogP contribution in [-0.4, -0.2) is 4.98 Å². The fourth-order valence-electron chi connectivity index (χ4n) is 3.24. The van der Waals surface area contributed by atoms with Crippen molar-refractivity contribution in [3.63, 3.8) is 0 Å². The minimum Gasteiger partial charge on any atom is -0.489 e. The molecule has 0 atom stereocenters. The molecule has 1 heterocycles. The van der Waals surface area contributed by atoms with Gasteiger partial charge in [-0.15, -0.1) is 0 Å². The number of nitrogens with zero attached hydrogens (tertiary/aromatic N) is 2. The first-order valence-electron chi connectivity index (χ1n) is 9.37. The fourth-order valence-corrected chi connectivity index (χ4v) is 3.24. The Labute approximate surface area is 174 Å². The molecule has 4 aromatic rings. The summed E-state index contributed by atoms with van der Waals surface area (Å²) in [5.74, 6) is 0.593. The van der Waals surface area contributed by atoms with Crippen LogP contribution in [0.4, 0.5) is 10.2 Å². The summed E-state index contributed by atoms with van der Waals surface area (Å²) in [6.07, 6.45) is 1.69. The lowest BCUT2D eigenvalue weighted by Crippen LogP contribution is -2.00. The van der Waals surface area contributed by atoms with Crippen LogP contribution in [0.5, 0.6) is 5.75 Å². The van der Waals surface area contributed by atoms with Crippen LogP contribution in [0, 0.1) is 17.1 Å². The molecule has 0 aliphatic rings. The predicted molar refractivity (Wildman–Crippen MR) is 115 cm³/mol. The maximum absolute atomic E-state index is 13.0. The van der Waals surface area contributed by atoms with Gasteiger partial charge in [-0.2, -0.15) is 5.26 Å². The number of nitrogen functional groups attached to an aromatic ring is 1. The Kier molecular flexibility index (Phi) is 5.40. The van der Waals surface area contributed by atoms with E-state index >= 15 is 0 Å². The molecular formula is C25H18FN3O. The third kappa shape index (κ3) is 3.98. The van der Waals surface area contributed by atoms with E-state index in [1.807, 2.05) is 54.6 Å². The Morgan fingerprint density at radius 1 is 0.900 bits per heavy atom. The Hall–Kier alpha value is -4.17. The summed E-state index contributed by atoms with van der Waals surface area (Å²) in [7, 11) is 0. The van der Waals surface area contributed by atoms with Gasteiger partial charge in [0.1, 0.15) is 35.6 Å². The first kappa shape index (κ1) is 19.2. The van der Waals surface area contributed by atoms with Crippen molar-refractivity contribution < 1.29 is 9.13 Å². The van der Waals surface area contributed by atoms with Gasteiger partial charge in [-0.25, -0.2) is 9.37 Å². The molecule has 1 aromatic heterocycles. The second-order valence-corrected chi connectivity index (χ2v) is 6.72. The van der Waals surface area contributed by atoms with E-state index in [2.05, 4.69) is 11.1 Å². The number of benzene rings is 3. The van der Waals surface area contributed by atoms with Gasteiger partial charge >= 0.3 is 0 Å². The topological polar surface area (TPSA) is 71.9 Å². The zero-order valence-electron chi connectivity index (χ0n) is 16.0. The highest BCUT2D eigenvalue weighted by Gasteiger charge is 2.16. The highest BCUT2D eigenvalue weighted by atomic mass is 19.1. The lowest BCUT2D eigenvalue weighted by molar-refractivity contribution is 0.306. The number of hydrogen-bond donors (Lipinski definition) is 1. The molecule has 0 saturated heterocycles. The van der Waals surface area contributed by atoms with Gasteiger partial charge in [0.05, 0.1) is 0 Å². The van der Waals surface area contributed by atoms with Crippen LogP contribution in [0.15, 0.2) is 85.1 Å². The van der Waals surface area contributed by atoms with Crippen LogP contribution in [0.2, 0.25) is 0 Å². The smallest absolute Gasteiger partial charge is 0.141 e. The van der Waals surface area contributed by atoms with Crippen LogP contribution in [0.3, 0.4) is 0 Å². The van der Waals surface area contributed by atoms with Gasteiger partial charge in [0.2, 0.25) is 0 Å². The summed E-state index contributed by atoms with van der Waals surface area (Å²) in [6, 6.07) is 25.6. The maximum atomic E-state index is 13.0. The molecule has 0 saturated carbocycles. The zero-order chi connectivity index (χ0) is 20.9. The van der Waals surface area contributed by atoms with Crippen LogP contribution < -0.4 is 10.5 Å². The highest BCUT2D eigenvalue weighted by molar-refractivity contribution is 5.89. The van der Waals surface area contributed by atoms with E-state index in [-0.39, 0.29) is 11.6 Å².